The Morgan fingerprint density at radius 2 is 1.54 bits per heavy atom. The maximum Gasteiger partial charge on any atom is 0.253 e. The molecule has 1 amide bonds. The van der Waals surface area contributed by atoms with Gasteiger partial charge >= 0.3 is 0 Å². The average Bonchev–Trinajstić information content (AvgIpc) is 2.55. The molecule has 0 aliphatic rings. The summed E-state index contributed by atoms with van der Waals surface area (Å²) in [6.45, 7) is 8.50. The van der Waals surface area contributed by atoms with Gasteiger partial charge in [0.2, 0.25) is 5.75 Å². The molecule has 0 bridgehead atoms. The van der Waals surface area contributed by atoms with E-state index in [1.807, 2.05) is 27.8 Å². The molecule has 0 heterocycles. The fraction of sp³-hybridized carbons (Fsp3) is 0.588. The van der Waals surface area contributed by atoms with Crippen molar-refractivity contribution in [3.05, 3.63) is 17.7 Å². The van der Waals surface area contributed by atoms with Crippen LogP contribution in [0, 0.1) is 0 Å². The van der Waals surface area contributed by atoms with E-state index in [9.17, 15) is 4.79 Å². The maximum absolute atomic E-state index is 12.6. The van der Waals surface area contributed by atoms with E-state index in [0.29, 0.717) is 49.2 Å². The van der Waals surface area contributed by atoms with Crippen LogP contribution in [0.1, 0.15) is 31.1 Å². The van der Waals surface area contributed by atoms with E-state index >= 15 is 0 Å². The van der Waals surface area contributed by atoms with Crippen LogP contribution >= 0.6 is 12.4 Å². The van der Waals surface area contributed by atoms with Gasteiger partial charge in [0.25, 0.3) is 5.91 Å². The van der Waals surface area contributed by atoms with Crippen LogP contribution in [-0.4, -0.2) is 57.8 Å². The molecule has 0 radical (unpaired) electrons. The molecule has 0 fully saturated rings. The van der Waals surface area contributed by atoms with Gasteiger partial charge in [-0.05, 0) is 40.0 Å². The third kappa shape index (κ3) is 6.09. The molecule has 0 saturated carbocycles. The first-order valence-corrected chi connectivity index (χ1v) is 8.05. The van der Waals surface area contributed by atoms with Crippen molar-refractivity contribution < 1.29 is 19.0 Å². The quantitative estimate of drug-likeness (QED) is 0.695. The standard InChI is InChI=1S/C17H28N2O4.ClH/c1-6-21-14-11-13(17(20)19(5)10-9-18-4)12-15(22-7-2)16(14)23-8-3;/h11-12,18H,6-10H2,1-5H3;1H. The topological polar surface area (TPSA) is 60.0 Å². The van der Waals surface area contributed by atoms with Gasteiger partial charge in [0, 0.05) is 25.7 Å². The maximum atomic E-state index is 12.6. The highest BCUT2D eigenvalue weighted by Gasteiger charge is 2.20. The summed E-state index contributed by atoms with van der Waals surface area (Å²) in [5, 5.41) is 3.03. The van der Waals surface area contributed by atoms with Crippen LogP contribution in [0.3, 0.4) is 0 Å². The Kier molecular flexibility index (Phi) is 11.0. The number of hydrogen-bond donors (Lipinski definition) is 1. The highest BCUT2D eigenvalue weighted by Crippen LogP contribution is 2.39. The number of likely N-dealkylation sites (N-methyl/N-ethyl adjacent to an activating group) is 2. The summed E-state index contributed by atoms with van der Waals surface area (Å²) in [6.07, 6.45) is 0. The Morgan fingerprint density at radius 3 is 1.96 bits per heavy atom. The second kappa shape index (κ2) is 11.8. The average molecular weight is 361 g/mol. The molecule has 0 atom stereocenters. The van der Waals surface area contributed by atoms with Crippen LogP contribution < -0.4 is 19.5 Å². The first kappa shape index (κ1) is 22.3. The van der Waals surface area contributed by atoms with E-state index in [1.165, 1.54) is 0 Å². The van der Waals surface area contributed by atoms with E-state index in [-0.39, 0.29) is 18.3 Å². The number of amides is 1. The Bertz CT molecular complexity index is 484. The molecule has 138 valence electrons. The predicted octanol–water partition coefficient (Wildman–Crippen LogP) is 2.60. The normalized spacial score (nSPS) is 9.88. The van der Waals surface area contributed by atoms with Gasteiger partial charge < -0.3 is 24.4 Å². The molecule has 0 saturated heterocycles. The fourth-order valence-electron chi connectivity index (χ4n) is 2.11. The molecule has 6 nitrogen and oxygen atoms in total. The Hall–Kier alpha value is -1.66. The van der Waals surface area contributed by atoms with Gasteiger partial charge in [-0.3, -0.25) is 4.79 Å². The van der Waals surface area contributed by atoms with E-state index < -0.39 is 0 Å². The summed E-state index contributed by atoms with van der Waals surface area (Å²) in [6, 6.07) is 3.43. The molecule has 1 rings (SSSR count). The summed E-state index contributed by atoms with van der Waals surface area (Å²) in [5.41, 5.74) is 0.527. The lowest BCUT2D eigenvalue weighted by Gasteiger charge is -2.20. The first-order valence-electron chi connectivity index (χ1n) is 8.05. The van der Waals surface area contributed by atoms with Gasteiger partial charge in [0.1, 0.15) is 0 Å². The second-order valence-corrected chi connectivity index (χ2v) is 4.93. The predicted molar refractivity (Wildman–Crippen MR) is 98.1 cm³/mol. The zero-order valence-electron chi connectivity index (χ0n) is 15.2. The number of carbonyl (C=O) groups is 1. The van der Waals surface area contributed by atoms with E-state index in [0.717, 1.165) is 6.54 Å². The summed E-state index contributed by atoms with van der Waals surface area (Å²) in [5.74, 6) is 1.53. The fourth-order valence-corrected chi connectivity index (χ4v) is 2.11. The van der Waals surface area contributed by atoms with E-state index in [1.54, 1.807) is 24.1 Å². The highest BCUT2D eigenvalue weighted by atomic mass is 35.5. The number of halogens is 1. The highest BCUT2D eigenvalue weighted by molar-refractivity contribution is 5.95. The van der Waals surface area contributed by atoms with Gasteiger partial charge in [0.15, 0.2) is 11.5 Å². The number of benzene rings is 1. The molecule has 1 aromatic carbocycles. The van der Waals surface area contributed by atoms with E-state index in [4.69, 9.17) is 14.2 Å². The minimum Gasteiger partial charge on any atom is -0.490 e. The molecule has 0 aliphatic carbocycles. The number of nitrogens with one attached hydrogen (secondary N) is 1. The molecule has 1 aromatic rings. The molecule has 1 N–H and O–H groups in total. The molecule has 0 spiro atoms. The molecule has 0 aromatic heterocycles. The first-order chi connectivity index (χ1) is 11.1. The van der Waals surface area contributed by atoms with Crippen LogP contribution in [0.4, 0.5) is 0 Å². The van der Waals surface area contributed by atoms with Crippen LogP contribution in [0.15, 0.2) is 12.1 Å². The summed E-state index contributed by atoms with van der Waals surface area (Å²) < 4.78 is 16.9. The van der Waals surface area contributed by atoms with Gasteiger partial charge in [-0.2, -0.15) is 0 Å². The third-order valence-corrected chi connectivity index (χ3v) is 3.20. The molecule has 7 heteroatoms. The number of carbonyl (C=O) groups excluding carboxylic acids is 1. The van der Waals surface area contributed by atoms with E-state index in [2.05, 4.69) is 5.32 Å². The SMILES string of the molecule is CCOc1cc(C(=O)N(C)CCNC)cc(OCC)c1OCC.Cl. The van der Waals surface area contributed by atoms with Crippen LogP contribution in [0.5, 0.6) is 17.2 Å². The van der Waals surface area contributed by atoms with Crippen molar-refractivity contribution in [1.29, 1.82) is 0 Å². The Labute approximate surface area is 150 Å². The lowest BCUT2D eigenvalue weighted by atomic mass is 10.1. The molecule has 24 heavy (non-hydrogen) atoms. The molecule has 0 unspecified atom stereocenters. The number of nitrogens with zero attached hydrogens (tertiary/aromatic N) is 1. The molecule has 0 aliphatic heterocycles. The van der Waals surface area contributed by atoms with Gasteiger partial charge in [-0.25, -0.2) is 0 Å². The monoisotopic (exact) mass is 360 g/mol. The van der Waals surface area contributed by atoms with Gasteiger partial charge in [-0.1, -0.05) is 0 Å². The Morgan fingerprint density at radius 1 is 1.04 bits per heavy atom. The van der Waals surface area contributed by atoms with Crippen molar-refractivity contribution in [3.63, 3.8) is 0 Å². The van der Waals surface area contributed by atoms with Crippen molar-refractivity contribution in [2.45, 2.75) is 20.8 Å². The van der Waals surface area contributed by atoms with Gasteiger partial charge in [0.05, 0.1) is 19.8 Å². The summed E-state index contributed by atoms with van der Waals surface area (Å²) in [4.78, 5) is 14.2. The molecular weight excluding hydrogens is 332 g/mol. The minimum absolute atomic E-state index is 0. The summed E-state index contributed by atoms with van der Waals surface area (Å²) >= 11 is 0. The smallest absolute Gasteiger partial charge is 0.253 e. The largest absolute Gasteiger partial charge is 0.490 e. The van der Waals surface area contributed by atoms with Crippen molar-refractivity contribution in [2.75, 3.05) is 47.0 Å². The van der Waals surface area contributed by atoms with Crippen LogP contribution in [-0.2, 0) is 0 Å². The zero-order chi connectivity index (χ0) is 17.2. The van der Waals surface area contributed by atoms with Crippen LogP contribution in [0.2, 0.25) is 0 Å². The minimum atomic E-state index is -0.0785. The summed E-state index contributed by atoms with van der Waals surface area (Å²) in [7, 11) is 3.63. The van der Waals surface area contributed by atoms with Crippen molar-refractivity contribution in [1.82, 2.24) is 10.2 Å². The lowest BCUT2D eigenvalue weighted by molar-refractivity contribution is 0.0795. The third-order valence-electron chi connectivity index (χ3n) is 3.20. The second-order valence-electron chi connectivity index (χ2n) is 4.93. The van der Waals surface area contributed by atoms with Gasteiger partial charge in [-0.15, -0.1) is 12.4 Å². The van der Waals surface area contributed by atoms with Crippen LogP contribution in [0.25, 0.3) is 0 Å². The zero-order valence-corrected chi connectivity index (χ0v) is 16.0. The number of ether oxygens (including phenoxy) is 3. The number of hydrogen-bond acceptors (Lipinski definition) is 5. The van der Waals surface area contributed by atoms with Crippen molar-refractivity contribution in [3.8, 4) is 17.2 Å². The molecular formula is C17H29ClN2O4. The Balaban J connectivity index is 0.00000529. The van der Waals surface area contributed by atoms with Crippen molar-refractivity contribution >= 4 is 18.3 Å². The van der Waals surface area contributed by atoms with Crippen molar-refractivity contribution in [2.24, 2.45) is 0 Å². The lowest BCUT2D eigenvalue weighted by Crippen LogP contribution is -2.32. The number of rotatable bonds is 10.